The number of hydrogen-bond acceptors (Lipinski definition) is 2. The molecule has 0 atom stereocenters. The number of alkyl halides is 1. The molecule has 0 saturated heterocycles. The molecular weight excluding hydrogens is 286 g/mol. The first kappa shape index (κ1) is 14.1. The number of aromatic nitrogens is 2. The Morgan fingerprint density at radius 1 is 1.29 bits per heavy atom. The molecule has 1 aliphatic rings. The Hall–Kier alpha value is -1.81. The predicted molar refractivity (Wildman–Crippen MR) is 82.9 cm³/mol. The second kappa shape index (κ2) is 5.90. The molecule has 1 aromatic heterocycles. The number of para-hydroxylation sites is 1. The van der Waals surface area contributed by atoms with Crippen LogP contribution in [-0.4, -0.2) is 27.1 Å². The van der Waals surface area contributed by atoms with Crippen molar-refractivity contribution in [3.63, 3.8) is 0 Å². The van der Waals surface area contributed by atoms with Gasteiger partial charge in [-0.15, -0.1) is 11.6 Å². The van der Waals surface area contributed by atoms with Gasteiger partial charge in [-0.3, -0.25) is 4.79 Å². The van der Waals surface area contributed by atoms with E-state index < -0.39 is 0 Å². The second-order valence-electron chi connectivity index (χ2n) is 5.58. The molecule has 5 heteroatoms. The van der Waals surface area contributed by atoms with E-state index in [1.807, 2.05) is 30.3 Å². The minimum atomic E-state index is -0.243. The van der Waals surface area contributed by atoms with Crippen LogP contribution in [0.4, 0.5) is 0 Å². The standard InChI is InChI=1S/C16H18ClN3O/c17-12-16(8-4-5-9-16)19-15(21)13-10-18-20(11-13)14-6-2-1-3-7-14/h1-3,6-7,10-11H,4-5,8-9,12H2,(H,19,21). The Balaban J connectivity index is 1.75. The Bertz CT molecular complexity index is 617. The molecule has 0 bridgehead atoms. The number of nitrogens with zero attached hydrogens (tertiary/aromatic N) is 2. The molecule has 3 rings (SSSR count). The summed E-state index contributed by atoms with van der Waals surface area (Å²) < 4.78 is 1.71. The van der Waals surface area contributed by atoms with Gasteiger partial charge in [0.05, 0.1) is 23.0 Å². The summed E-state index contributed by atoms with van der Waals surface area (Å²) in [7, 11) is 0. The van der Waals surface area contributed by atoms with Crippen LogP contribution in [0.15, 0.2) is 42.7 Å². The number of hydrogen-bond donors (Lipinski definition) is 1. The largest absolute Gasteiger partial charge is 0.345 e. The zero-order valence-corrected chi connectivity index (χ0v) is 12.5. The van der Waals surface area contributed by atoms with E-state index in [2.05, 4.69) is 10.4 Å². The summed E-state index contributed by atoms with van der Waals surface area (Å²) in [5, 5.41) is 7.35. The van der Waals surface area contributed by atoms with E-state index in [4.69, 9.17) is 11.6 Å². The molecule has 1 aliphatic carbocycles. The molecule has 1 fully saturated rings. The molecule has 1 amide bonds. The van der Waals surface area contributed by atoms with Crippen LogP contribution in [0.5, 0.6) is 0 Å². The topological polar surface area (TPSA) is 46.9 Å². The first-order valence-corrected chi connectivity index (χ1v) is 7.74. The molecule has 1 N–H and O–H groups in total. The van der Waals surface area contributed by atoms with Gasteiger partial charge in [0.15, 0.2) is 0 Å². The quantitative estimate of drug-likeness (QED) is 0.882. The number of rotatable bonds is 4. The van der Waals surface area contributed by atoms with Crippen molar-refractivity contribution in [3.05, 3.63) is 48.3 Å². The molecule has 1 saturated carbocycles. The van der Waals surface area contributed by atoms with E-state index in [1.54, 1.807) is 17.1 Å². The van der Waals surface area contributed by atoms with Gasteiger partial charge in [-0.1, -0.05) is 31.0 Å². The van der Waals surface area contributed by atoms with Crippen LogP contribution in [0.25, 0.3) is 5.69 Å². The Morgan fingerprint density at radius 2 is 2.00 bits per heavy atom. The summed E-state index contributed by atoms with van der Waals surface area (Å²) in [5.74, 6) is 0.366. The molecular formula is C16H18ClN3O. The van der Waals surface area contributed by atoms with Crippen molar-refractivity contribution in [1.82, 2.24) is 15.1 Å². The maximum Gasteiger partial charge on any atom is 0.254 e. The summed E-state index contributed by atoms with van der Waals surface area (Å²) in [6.07, 6.45) is 7.50. The Kier molecular flexibility index (Phi) is 3.97. The van der Waals surface area contributed by atoms with Crippen LogP contribution < -0.4 is 5.32 Å². The second-order valence-corrected chi connectivity index (χ2v) is 5.85. The number of carbonyl (C=O) groups excluding carboxylic acids is 1. The van der Waals surface area contributed by atoms with Crippen molar-refractivity contribution in [3.8, 4) is 5.69 Å². The van der Waals surface area contributed by atoms with E-state index in [0.717, 1.165) is 31.4 Å². The van der Waals surface area contributed by atoms with Crippen molar-refractivity contribution in [1.29, 1.82) is 0 Å². The summed E-state index contributed by atoms with van der Waals surface area (Å²) in [4.78, 5) is 12.4. The minimum absolute atomic E-state index is 0.0975. The maximum absolute atomic E-state index is 12.4. The molecule has 1 heterocycles. The number of amides is 1. The van der Waals surface area contributed by atoms with E-state index in [1.165, 1.54) is 0 Å². The average molecular weight is 304 g/mol. The molecule has 21 heavy (non-hydrogen) atoms. The maximum atomic E-state index is 12.4. The van der Waals surface area contributed by atoms with Crippen LogP contribution >= 0.6 is 11.6 Å². The monoisotopic (exact) mass is 303 g/mol. The summed E-state index contributed by atoms with van der Waals surface area (Å²) in [6.45, 7) is 0. The number of benzene rings is 1. The zero-order valence-electron chi connectivity index (χ0n) is 11.8. The van der Waals surface area contributed by atoms with Crippen LogP contribution in [-0.2, 0) is 0 Å². The van der Waals surface area contributed by atoms with Crippen LogP contribution in [0.1, 0.15) is 36.0 Å². The highest BCUT2D eigenvalue weighted by atomic mass is 35.5. The van der Waals surface area contributed by atoms with Crippen molar-refractivity contribution < 1.29 is 4.79 Å². The smallest absolute Gasteiger partial charge is 0.254 e. The highest BCUT2D eigenvalue weighted by molar-refractivity contribution is 6.19. The third kappa shape index (κ3) is 2.95. The Morgan fingerprint density at radius 3 is 2.67 bits per heavy atom. The minimum Gasteiger partial charge on any atom is -0.345 e. The molecule has 110 valence electrons. The fourth-order valence-electron chi connectivity index (χ4n) is 2.82. The zero-order chi connectivity index (χ0) is 14.7. The lowest BCUT2D eigenvalue weighted by atomic mass is 10.00. The third-order valence-electron chi connectivity index (χ3n) is 4.06. The first-order chi connectivity index (χ1) is 10.2. The van der Waals surface area contributed by atoms with Gasteiger partial charge < -0.3 is 5.32 Å². The fraction of sp³-hybridized carbons (Fsp3) is 0.375. The lowest BCUT2D eigenvalue weighted by Crippen LogP contribution is -2.47. The van der Waals surface area contributed by atoms with Gasteiger partial charge in [0.25, 0.3) is 5.91 Å². The normalized spacial score (nSPS) is 16.8. The van der Waals surface area contributed by atoms with Crippen LogP contribution in [0, 0.1) is 0 Å². The van der Waals surface area contributed by atoms with Gasteiger partial charge in [0.2, 0.25) is 0 Å². The highest BCUT2D eigenvalue weighted by Crippen LogP contribution is 2.31. The Labute approximate surface area is 129 Å². The van der Waals surface area contributed by atoms with Gasteiger partial charge in [-0.05, 0) is 25.0 Å². The van der Waals surface area contributed by atoms with E-state index in [-0.39, 0.29) is 11.4 Å². The summed E-state index contributed by atoms with van der Waals surface area (Å²) in [6, 6.07) is 9.73. The van der Waals surface area contributed by atoms with E-state index in [0.29, 0.717) is 11.4 Å². The number of halogens is 1. The van der Waals surface area contributed by atoms with Gasteiger partial charge in [-0.25, -0.2) is 4.68 Å². The summed E-state index contributed by atoms with van der Waals surface area (Å²) >= 11 is 6.06. The van der Waals surface area contributed by atoms with Crippen LogP contribution in [0.3, 0.4) is 0 Å². The fourth-order valence-corrected chi connectivity index (χ4v) is 3.15. The van der Waals surface area contributed by atoms with Crippen molar-refractivity contribution >= 4 is 17.5 Å². The highest BCUT2D eigenvalue weighted by Gasteiger charge is 2.34. The van der Waals surface area contributed by atoms with Gasteiger partial charge >= 0.3 is 0 Å². The van der Waals surface area contributed by atoms with Gasteiger partial charge in [0.1, 0.15) is 0 Å². The van der Waals surface area contributed by atoms with E-state index >= 15 is 0 Å². The molecule has 2 aromatic rings. The SMILES string of the molecule is O=C(NC1(CCl)CCCC1)c1cnn(-c2ccccc2)c1. The van der Waals surface area contributed by atoms with E-state index in [9.17, 15) is 4.79 Å². The average Bonchev–Trinajstić information content (AvgIpc) is 3.18. The molecule has 1 aromatic carbocycles. The van der Waals surface area contributed by atoms with Crippen molar-refractivity contribution in [2.45, 2.75) is 31.2 Å². The predicted octanol–water partition coefficient (Wildman–Crippen LogP) is 3.15. The van der Waals surface area contributed by atoms with Crippen molar-refractivity contribution in [2.24, 2.45) is 0 Å². The molecule has 0 spiro atoms. The lowest BCUT2D eigenvalue weighted by molar-refractivity contribution is 0.0909. The third-order valence-corrected chi connectivity index (χ3v) is 4.57. The number of carbonyl (C=O) groups is 1. The first-order valence-electron chi connectivity index (χ1n) is 7.21. The molecule has 0 radical (unpaired) electrons. The van der Waals surface area contributed by atoms with Crippen LogP contribution in [0.2, 0.25) is 0 Å². The van der Waals surface area contributed by atoms with Gasteiger partial charge in [0, 0.05) is 12.1 Å². The molecule has 0 aliphatic heterocycles. The molecule has 4 nitrogen and oxygen atoms in total. The summed E-state index contributed by atoms with van der Waals surface area (Å²) in [5.41, 5.74) is 1.26. The van der Waals surface area contributed by atoms with Gasteiger partial charge in [-0.2, -0.15) is 5.10 Å². The lowest BCUT2D eigenvalue weighted by Gasteiger charge is -2.27. The number of nitrogens with one attached hydrogen (secondary N) is 1. The van der Waals surface area contributed by atoms with Crippen molar-refractivity contribution in [2.75, 3.05) is 5.88 Å². The molecule has 0 unspecified atom stereocenters.